The second kappa shape index (κ2) is 6.27. The molecule has 1 aromatic carbocycles. The second-order valence-electron chi connectivity index (χ2n) is 5.76. The molecule has 1 fully saturated rings. The average molecular weight is 281 g/mol. The number of benzene rings is 1. The van der Waals surface area contributed by atoms with E-state index >= 15 is 0 Å². The molecule has 1 heterocycles. The molecule has 21 heavy (non-hydrogen) atoms. The van der Waals surface area contributed by atoms with Crippen LogP contribution < -0.4 is 10.2 Å². The van der Waals surface area contributed by atoms with Crippen molar-refractivity contribution >= 4 is 11.5 Å². The molecule has 3 heteroatoms. The molecule has 0 bridgehead atoms. The van der Waals surface area contributed by atoms with Gasteiger partial charge in [0.15, 0.2) is 0 Å². The fraction of sp³-hybridized carbons (Fsp3) is 0.389. The summed E-state index contributed by atoms with van der Waals surface area (Å²) >= 11 is 0. The zero-order chi connectivity index (χ0) is 14.7. The molecule has 1 saturated carbocycles. The average Bonchev–Trinajstić information content (AvgIpc) is 3.37. The van der Waals surface area contributed by atoms with Crippen LogP contribution in [0.25, 0.3) is 0 Å². The Hall–Kier alpha value is -1.87. The van der Waals surface area contributed by atoms with Crippen molar-refractivity contribution < 1.29 is 0 Å². The van der Waals surface area contributed by atoms with Crippen molar-refractivity contribution in [2.75, 3.05) is 11.9 Å². The van der Waals surface area contributed by atoms with E-state index in [1.807, 2.05) is 6.20 Å². The molecule has 0 aliphatic heterocycles. The van der Waals surface area contributed by atoms with Crippen LogP contribution in [0.2, 0.25) is 0 Å². The summed E-state index contributed by atoms with van der Waals surface area (Å²) < 4.78 is 0. The highest BCUT2D eigenvalue weighted by Crippen LogP contribution is 2.23. The van der Waals surface area contributed by atoms with Crippen molar-refractivity contribution in [1.29, 1.82) is 0 Å². The van der Waals surface area contributed by atoms with E-state index in [-0.39, 0.29) is 0 Å². The highest BCUT2D eigenvalue weighted by Gasteiger charge is 2.19. The molecule has 1 aliphatic rings. The van der Waals surface area contributed by atoms with Crippen molar-refractivity contribution in [3.05, 3.63) is 53.7 Å². The lowest BCUT2D eigenvalue weighted by Gasteiger charge is -2.19. The smallest absolute Gasteiger partial charge is 0.132 e. The molecular formula is C18H23N3. The molecule has 1 aliphatic carbocycles. The third-order valence-corrected chi connectivity index (χ3v) is 4.06. The van der Waals surface area contributed by atoms with Gasteiger partial charge >= 0.3 is 0 Å². The van der Waals surface area contributed by atoms with Crippen LogP contribution in [0.5, 0.6) is 0 Å². The molecule has 0 saturated heterocycles. The van der Waals surface area contributed by atoms with Crippen molar-refractivity contribution in [3.63, 3.8) is 0 Å². The maximum absolute atomic E-state index is 4.58. The summed E-state index contributed by atoms with van der Waals surface area (Å²) in [5.41, 5.74) is 3.78. The summed E-state index contributed by atoms with van der Waals surface area (Å²) in [6.07, 6.45) is 5.69. The monoisotopic (exact) mass is 281 g/mol. The van der Waals surface area contributed by atoms with Crippen molar-refractivity contribution in [3.8, 4) is 0 Å². The number of anilines is 2. The Morgan fingerprint density at radius 3 is 2.38 bits per heavy atom. The molecule has 0 unspecified atom stereocenters. The zero-order valence-electron chi connectivity index (χ0n) is 12.8. The Morgan fingerprint density at radius 2 is 1.81 bits per heavy atom. The molecule has 110 valence electrons. The van der Waals surface area contributed by atoms with Crippen LogP contribution >= 0.6 is 0 Å². The van der Waals surface area contributed by atoms with Gasteiger partial charge in [-0.2, -0.15) is 0 Å². The summed E-state index contributed by atoms with van der Waals surface area (Å²) in [6, 6.07) is 13.7. The van der Waals surface area contributed by atoms with Crippen LogP contribution in [0.3, 0.4) is 0 Å². The molecule has 2 aromatic rings. The first-order valence-electron chi connectivity index (χ1n) is 7.77. The summed E-state index contributed by atoms with van der Waals surface area (Å²) in [7, 11) is 2.06. The Morgan fingerprint density at radius 1 is 1.10 bits per heavy atom. The minimum atomic E-state index is 0.740. The van der Waals surface area contributed by atoms with Crippen LogP contribution in [0.4, 0.5) is 11.5 Å². The third-order valence-electron chi connectivity index (χ3n) is 4.06. The van der Waals surface area contributed by atoms with E-state index in [1.54, 1.807) is 0 Å². The van der Waals surface area contributed by atoms with Gasteiger partial charge in [-0.05, 0) is 48.6 Å². The van der Waals surface area contributed by atoms with Crippen LogP contribution in [0.15, 0.2) is 42.6 Å². The van der Waals surface area contributed by atoms with E-state index in [4.69, 9.17) is 0 Å². The Balaban J connectivity index is 1.66. The SMILES string of the molecule is CCc1ccc(N(C)c2ccc(CNC3CC3)cn2)cc1. The molecule has 1 N–H and O–H groups in total. The third kappa shape index (κ3) is 3.61. The lowest BCUT2D eigenvalue weighted by atomic mass is 10.1. The van der Waals surface area contributed by atoms with Crippen LogP contribution in [0, 0.1) is 0 Å². The number of hydrogen-bond acceptors (Lipinski definition) is 3. The predicted molar refractivity (Wildman–Crippen MR) is 88.0 cm³/mol. The normalized spacial score (nSPS) is 14.2. The fourth-order valence-electron chi connectivity index (χ4n) is 2.36. The van der Waals surface area contributed by atoms with E-state index in [1.165, 1.54) is 29.7 Å². The van der Waals surface area contributed by atoms with Gasteiger partial charge in [0.2, 0.25) is 0 Å². The minimum Gasteiger partial charge on any atom is -0.329 e. The summed E-state index contributed by atoms with van der Waals surface area (Å²) in [6.45, 7) is 3.10. The number of rotatable bonds is 6. The number of hydrogen-bond donors (Lipinski definition) is 1. The van der Waals surface area contributed by atoms with Crippen molar-refractivity contribution in [2.45, 2.75) is 38.8 Å². The van der Waals surface area contributed by atoms with Gasteiger partial charge in [0.25, 0.3) is 0 Å². The number of nitrogens with zero attached hydrogens (tertiary/aromatic N) is 2. The molecule has 0 atom stereocenters. The van der Waals surface area contributed by atoms with E-state index < -0.39 is 0 Å². The molecule has 0 amide bonds. The molecular weight excluding hydrogens is 258 g/mol. The maximum Gasteiger partial charge on any atom is 0.132 e. The molecule has 1 aromatic heterocycles. The highest BCUT2D eigenvalue weighted by molar-refractivity contribution is 5.59. The Kier molecular flexibility index (Phi) is 4.20. The number of aromatic nitrogens is 1. The first kappa shape index (κ1) is 14.1. The van der Waals surface area contributed by atoms with E-state index in [9.17, 15) is 0 Å². The van der Waals surface area contributed by atoms with Crippen molar-refractivity contribution in [2.24, 2.45) is 0 Å². The van der Waals surface area contributed by atoms with Gasteiger partial charge in [0.1, 0.15) is 5.82 Å². The summed E-state index contributed by atoms with van der Waals surface area (Å²) in [5.74, 6) is 0.981. The number of aryl methyl sites for hydroxylation is 1. The van der Waals surface area contributed by atoms with Gasteiger partial charge in [-0.15, -0.1) is 0 Å². The quantitative estimate of drug-likeness (QED) is 0.875. The Bertz CT molecular complexity index is 570. The first-order chi connectivity index (χ1) is 10.3. The predicted octanol–water partition coefficient (Wildman–Crippen LogP) is 3.66. The van der Waals surface area contributed by atoms with Crippen LogP contribution in [-0.4, -0.2) is 18.1 Å². The molecule has 3 rings (SSSR count). The highest BCUT2D eigenvalue weighted by atomic mass is 15.2. The van der Waals surface area contributed by atoms with E-state index in [2.05, 4.69) is 65.6 Å². The Labute approximate surface area is 127 Å². The van der Waals surface area contributed by atoms with Crippen molar-refractivity contribution in [1.82, 2.24) is 10.3 Å². The van der Waals surface area contributed by atoms with Gasteiger partial charge in [-0.25, -0.2) is 4.98 Å². The molecule has 0 radical (unpaired) electrons. The number of pyridine rings is 1. The lowest BCUT2D eigenvalue weighted by Crippen LogP contribution is -2.16. The summed E-state index contributed by atoms with van der Waals surface area (Å²) in [4.78, 5) is 6.70. The summed E-state index contributed by atoms with van der Waals surface area (Å²) in [5, 5.41) is 3.51. The van der Waals surface area contributed by atoms with Gasteiger partial charge < -0.3 is 10.2 Å². The number of nitrogens with one attached hydrogen (secondary N) is 1. The van der Waals surface area contributed by atoms with Gasteiger partial charge in [0, 0.05) is 31.5 Å². The lowest BCUT2D eigenvalue weighted by molar-refractivity contribution is 0.686. The largest absolute Gasteiger partial charge is 0.329 e. The second-order valence-corrected chi connectivity index (χ2v) is 5.76. The fourth-order valence-corrected chi connectivity index (χ4v) is 2.36. The standard InChI is InChI=1S/C18H23N3/c1-3-14-4-9-17(10-5-14)21(2)18-11-6-15(13-20-18)12-19-16-7-8-16/h4-6,9-11,13,16,19H,3,7-8,12H2,1-2H3. The minimum absolute atomic E-state index is 0.740. The molecule has 3 nitrogen and oxygen atoms in total. The topological polar surface area (TPSA) is 28.2 Å². The van der Waals surface area contributed by atoms with Crippen LogP contribution in [-0.2, 0) is 13.0 Å². The molecule has 0 spiro atoms. The van der Waals surface area contributed by atoms with Gasteiger partial charge in [0.05, 0.1) is 0 Å². The van der Waals surface area contributed by atoms with E-state index in [0.29, 0.717) is 0 Å². The maximum atomic E-state index is 4.58. The van der Waals surface area contributed by atoms with E-state index in [0.717, 1.165) is 24.8 Å². The van der Waals surface area contributed by atoms with Gasteiger partial charge in [-0.3, -0.25) is 0 Å². The van der Waals surface area contributed by atoms with Gasteiger partial charge in [-0.1, -0.05) is 25.1 Å². The first-order valence-corrected chi connectivity index (χ1v) is 7.77. The zero-order valence-corrected chi connectivity index (χ0v) is 12.8. The van der Waals surface area contributed by atoms with Crippen LogP contribution in [0.1, 0.15) is 30.9 Å².